The number of benzene rings is 2. The number of rotatable bonds is 8. The van der Waals surface area contributed by atoms with Crippen LogP contribution in [-0.2, 0) is 21.4 Å². The zero-order valence-corrected chi connectivity index (χ0v) is 17.6. The Labute approximate surface area is 166 Å². The zero-order chi connectivity index (χ0) is 20.9. The summed E-state index contributed by atoms with van der Waals surface area (Å²) in [5.41, 5.74) is 2.12. The maximum atomic E-state index is 12.8. The molecular weight excluding hydrogens is 380 g/mol. The first kappa shape index (κ1) is 21.7. The molecule has 0 N–H and O–H groups in total. The minimum absolute atomic E-state index is 0.0293. The number of carbonyl (C=O) groups excluding carboxylic acids is 1. The molecule has 0 saturated carbocycles. The molecular formula is C20H26N2O5S. The van der Waals surface area contributed by atoms with Crippen LogP contribution in [0.1, 0.15) is 11.1 Å². The highest BCUT2D eigenvalue weighted by molar-refractivity contribution is 7.89. The summed E-state index contributed by atoms with van der Waals surface area (Å²) >= 11 is 0. The van der Waals surface area contributed by atoms with Gasteiger partial charge in [-0.15, -0.1) is 0 Å². The summed E-state index contributed by atoms with van der Waals surface area (Å²) < 4.78 is 36.9. The molecule has 0 aromatic heterocycles. The molecule has 152 valence electrons. The fourth-order valence-electron chi connectivity index (χ4n) is 2.61. The summed E-state index contributed by atoms with van der Waals surface area (Å²) in [6.07, 6.45) is 0. The van der Waals surface area contributed by atoms with Crippen molar-refractivity contribution >= 4 is 15.9 Å². The van der Waals surface area contributed by atoms with E-state index in [1.165, 1.54) is 44.4 Å². The Hall–Kier alpha value is -2.58. The lowest BCUT2D eigenvalue weighted by molar-refractivity contribution is -0.130. The van der Waals surface area contributed by atoms with Crippen molar-refractivity contribution in [2.45, 2.75) is 18.4 Å². The van der Waals surface area contributed by atoms with Crippen LogP contribution in [0.2, 0.25) is 0 Å². The van der Waals surface area contributed by atoms with E-state index in [0.717, 1.165) is 15.4 Å². The second-order valence-electron chi connectivity index (χ2n) is 6.51. The van der Waals surface area contributed by atoms with Crippen LogP contribution >= 0.6 is 0 Å². The SMILES string of the molecule is COc1ccc(S(=O)(=O)N(C)CC(=O)N(C)Cc2ccc(C)cc2)cc1OC. The standard InChI is InChI=1S/C20H26N2O5S/c1-15-6-8-16(9-7-15)13-21(2)20(23)14-22(3)28(24,25)17-10-11-18(26-4)19(12-17)27-5/h6-12H,13-14H2,1-5H3. The molecule has 0 atom stereocenters. The van der Waals surface area contributed by atoms with Crippen LogP contribution in [-0.4, -0.2) is 58.4 Å². The molecule has 8 heteroatoms. The van der Waals surface area contributed by atoms with Crippen LogP contribution in [0.5, 0.6) is 11.5 Å². The van der Waals surface area contributed by atoms with Crippen molar-refractivity contribution in [3.05, 3.63) is 53.6 Å². The van der Waals surface area contributed by atoms with Crippen molar-refractivity contribution in [2.24, 2.45) is 0 Å². The number of methoxy groups -OCH3 is 2. The van der Waals surface area contributed by atoms with E-state index in [9.17, 15) is 13.2 Å². The molecule has 0 spiro atoms. The third kappa shape index (κ3) is 5.02. The third-order valence-corrected chi connectivity index (χ3v) is 6.19. The van der Waals surface area contributed by atoms with Gasteiger partial charge in [-0.1, -0.05) is 29.8 Å². The Bertz CT molecular complexity index is 926. The Kier molecular flexibility index (Phi) is 7.04. The van der Waals surface area contributed by atoms with Crippen molar-refractivity contribution in [3.8, 4) is 11.5 Å². The minimum atomic E-state index is -3.85. The summed E-state index contributed by atoms with van der Waals surface area (Å²) in [4.78, 5) is 14.0. The predicted molar refractivity (Wildman–Crippen MR) is 107 cm³/mol. The van der Waals surface area contributed by atoms with E-state index < -0.39 is 10.0 Å². The van der Waals surface area contributed by atoms with Gasteiger partial charge in [0.25, 0.3) is 0 Å². The lowest BCUT2D eigenvalue weighted by Gasteiger charge is -2.22. The molecule has 7 nitrogen and oxygen atoms in total. The smallest absolute Gasteiger partial charge is 0.243 e. The van der Waals surface area contributed by atoms with E-state index in [-0.39, 0.29) is 17.3 Å². The molecule has 1 amide bonds. The number of amides is 1. The van der Waals surface area contributed by atoms with E-state index >= 15 is 0 Å². The van der Waals surface area contributed by atoms with E-state index in [4.69, 9.17) is 9.47 Å². The van der Waals surface area contributed by atoms with Gasteiger partial charge in [-0.2, -0.15) is 4.31 Å². The van der Waals surface area contributed by atoms with Gasteiger partial charge in [0.15, 0.2) is 11.5 Å². The van der Waals surface area contributed by atoms with E-state index in [2.05, 4.69) is 0 Å². The topological polar surface area (TPSA) is 76.2 Å². The summed E-state index contributed by atoms with van der Waals surface area (Å²) in [5.74, 6) is 0.435. The van der Waals surface area contributed by atoms with Gasteiger partial charge in [0.2, 0.25) is 15.9 Å². The Morgan fingerprint density at radius 3 is 2.14 bits per heavy atom. The highest BCUT2D eigenvalue weighted by Crippen LogP contribution is 2.30. The Balaban J connectivity index is 2.10. The monoisotopic (exact) mass is 406 g/mol. The van der Waals surface area contributed by atoms with Crippen molar-refractivity contribution in [3.63, 3.8) is 0 Å². The van der Waals surface area contributed by atoms with Crippen molar-refractivity contribution in [1.82, 2.24) is 9.21 Å². The number of nitrogens with zero attached hydrogens (tertiary/aromatic N) is 2. The quantitative estimate of drug-likeness (QED) is 0.672. The average Bonchev–Trinajstić information content (AvgIpc) is 2.68. The zero-order valence-electron chi connectivity index (χ0n) is 16.8. The van der Waals surface area contributed by atoms with Crippen LogP contribution in [0, 0.1) is 6.92 Å². The van der Waals surface area contributed by atoms with Gasteiger partial charge in [0.05, 0.1) is 25.7 Å². The fourth-order valence-corrected chi connectivity index (χ4v) is 3.74. The van der Waals surface area contributed by atoms with Gasteiger partial charge in [0.1, 0.15) is 0 Å². The summed E-state index contributed by atoms with van der Waals surface area (Å²) in [6.45, 7) is 2.13. The number of hydrogen-bond acceptors (Lipinski definition) is 5. The van der Waals surface area contributed by atoms with Crippen molar-refractivity contribution < 1.29 is 22.7 Å². The average molecular weight is 407 g/mol. The second kappa shape index (κ2) is 9.07. The first-order valence-electron chi connectivity index (χ1n) is 8.67. The molecule has 0 aliphatic carbocycles. The number of sulfonamides is 1. The molecule has 0 bridgehead atoms. The van der Waals surface area contributed by atoms with Gasteiger partial charge in [-0.05, 0) is 24.6 Å². The van der Waals surface area contributed by atoms with Crippen LogP contribution in [0.3, 0.4) is 0 Å². The lowest BCUT2D eigenvalue weighted by Crippen LogP contribution is -2.39. The molecule has 2 aromatic carbocycles. The van der Waals surface area contributed by atoms with Crippen molar-refractivity contribution in [1.29, 1.82) is 0 Å². The molecule has 2 aromatic rings. The highest BCUT2D eigenvalue weighted by Gasteiger charge is 2.25. The lowest BCUT2D eigenvalue weighted by atomic mass is 10.1. The summed E-state index contributed by atoms with van der Waals surface area (Å²) in [5, 5.41) is 0. The van der Waals surface area contributed by atoms with E-state index in [0.29, 0.717) is 18.0 Å². The second-order valence-corrected chi connectivity index (χ2v) is 8.56. The molecule has 0 radical (unpaired) electrons. The van der Waals surface area contributed by atoms with Gasteiger partial charge in [-0.3, -0.25) is 4.79 Å². The van der Waals surface area contributed by atoms with Crippen LogP contribution in [0.4, 0.5) is 0 Å². The number of ether oxygens (including phenoxy) is 2. The maximum absolute atomic E-state index is 12.8. The van der Waals surface area contributed by atoms with Crippen LogP contribution < -0.4 is 9.47 Å². The normalized spacial score (nSPS) is 11.4. The van der Waals surface area contributed by atoms with Gasteiger partial charge in [0, 0.05) is 26.7 Å². The number of carbonyl (C=O) groups is 1. The maximum Gasteiger partial charge on any atom is 0.243 e. The molecule has 0 aliphatic heterocycles. The molecule has 0 fully saturated rings. The molecule has 0 saturated heterocycles. The van der Waals surface area contributed by atoms with Gasteiger partial charge < -0.3 is 14.4 Å². The minimum Gasteiger partial charge on any atom is -0.493 e. The number of likely N-dealkylation sites (N-methyl/N-ethyl adjacent to an activating group) is 2. The van der Waals surface area contributed by atoms with E-state index in [1.54, 1.807) is 7.05 Å². The van der Waals surface area contributed by atoms with Gasteiger partial charge in [-0.25, -0.2) is 8.42 Å². The Morgan fingerprint density at radius 2 is 1.57 bits per heavy atom. The first-order valence-corrected chi connectivity index (χ1v) is 10.1. The van der Waals surface area contributed by atoms with E-state index in [1.807, 2.05) is 31.2 Å². The molecule has 28 heavy (non-hydrogen) atoms. The summed E-state index contributed by atoms with van der Waals surface area (Å²) in [6, 6.07) is 12.2. The first-order chi connectivity index (χ1) is 13.2. The fraction of sp³-hybridized carbons (Fsp3) is 0.350. The molecule has 0 aliphatic rings. The Morgan fingerprint density at radius 1 is 0.964 bits per heavy atom. The largest absolute Gasteiger partial charge is 0.493 e. The molecule has 0 heterocycles. The predicted octanol–water partition coefficient (Wildman–Crippen LogP) is 2.29. The van der Waals surface area contributed by atoms with Gasteiger partial charge >= 0.3 is 0 Å². The number of hydrogen-bond donors (Lipinski definition) is 0. The highest BCUT2D eigenvalue weighted by atomic mass is 32.2. The van der Waals surface area contributed by atoms with Crippen LogP contribution in [0.25, 0.3) is 0 Å². The molecule has 0 unspecified atom stereocenters. The molecule has 2 rings (SSSR count). The summed E-state index contributed by atoms with van der Waals surface area (Å²) in [7, 11) is 2.08. The van der Waals surface area contributed by atoms with Crippen LogP contribution in [0.15, 0.2) is 47.4 Å². The van der Waals surface area contributed by atoms with Crippen molar-refractivity contribution in [2.75, 3.05) is 34.9 Å². The number of aryl methyl sites for hydroxylation is 1. The third-order valence-electron chi connectivity index (χ3n) is 4.39.